The maximum Gasteiger partial charge on any atom is 0.326 e. The molecule has 1 aliphatic rings. The first-order valence-corrected chi connectivity index (χ1v) is 6.80. The number of hydrogen-bond acceptors (Lipinski definition) is 3. The molecule has 0 bridgehead atoms. The summed E-state index contributed by atoms with van der Waals surface area (Å²) < 4.78 is 5.15. The molecule has 1 unspecified atom stereocenters. The van der Waals surface area contributed by atoms with Crippen LogP contribution >= 0.6 is 0 Å². The molecule has 1 amide bonds. The largest absolute Gasteiger partial charge is 0.497 e. The Morgan fingerprint density at radius 2 is 2.19 bits per heavy atom. The van der Waals surface area contributed by atoms with Crippen LogP contribution in [0.25, 0.3) is 10.9 Å². The number of H-pyrrole nitrogens is 1. The van der Waals surface area contributed by atoms with Gasteiger partial charge in [0.1, 0.15) is 17.5 Å². The zero-order chi connectivity index (χ0) is 15.0. The predicted molar refractivity (Wildman–Crippen MR) is 76.5 cm³/mol. The van der Waals surface area contributed by atoms with Gasteiger partial charge in [0.15, 0.2) is 0 Å². The second-order valence-corrected chi connectivity index (χ2v) is 5.13. The average molecular weight is 288 g/mol. The summed E-state index contributed by atoms with van der Waals surface area (Å²) in [6.45, 7) is 0.481. The number of rotatable bonds is 3. The van der Waals surface area contributed by atoms with Gasteiger partial charge < -0.3 is 19.7 Å². The number of benzene rings is 1. The van der Waals surface area contributed by atoms with Crippen molar-refractivity contribution in [2.24, 2.45) is 0 Å². The molecular formula is C15H16N2O4. The normalized spacial score (nSPS) is 18.1. The van der Waals surface area contributed by atoms with E-state index in [2.05, 4.69) is 4.98 Å². The number of carbonyl (C=O) groups excluding carboxylic acids is 1. The van der Waals surface area contributed by atoms with Crippen LogP contribution in [0.1, 0.15) is 23.3 Å². The van der Waals surface area contributed by atoms with Gasteiger partial charge in [-0.2, -0.15) is 0 Å². The van der Waals surface area contributed by atoms with Gasteiger partial charge in [-0.05, 0) is 37.1 Å². The third kappa shape index (κ3) is 2.33. The van der Waals surface area contributed by atoms with Crippen molar-refractivity contribution in [2.45, 2.75) is 18.9 Å². The summed E-state index contributed by atoms with van der Waals surface area (Å²) in [5, 5.41) is 10.0. The van der Waals surface area contributed by atoms with E-state index in [1.807, 2.05) is 18.2 Å². The first-order chi connectivity index (χ1) is 10.1. The Morgan fingerprint density at radius 1 is 1.38 bits per heavy atom. The molecule has 2 N–H and O–H groups in total. The van der Waals surface area contributed by atoms with E-state index in [-0.39, 0.29) is 5.91 Å². The van der Waals surface area contributed by atoms with Gasteiger partial charge in [0.25, 0.3) is 5.91 Å². The monoisotopic (exact) mass is 288 g/mol. The number of aromatic nitrogens is 1. The van der Waals surface area contributed by atoms with Crippen LogP contribution in [0.5, 0.6) is 5.75 Å². The third-order valence-corrected chi connectivity index (χ3v) is 3.86. The number of carboxylic acids is 1. The van der Waals surface area contributed by atoms with Crippen molar-refractivity contribution in [1.29, 1.82) is 0 Å². The molecule has 0 saturated carbocycles. The van der Waals surface area contributed by atoms with Crippen molar-refractivity contribution in [3.63, 3.8) is 0 Å². The number of ether oxygens (including phenoxy) is 1. The number of nitrogens with zero attached hydrogens (tertiary/aromatic N) is 1. The molecule has 3 rings (SSSR count). The van der Waals surface area contributed by atoms with Crippen LogP contribution in [0, 0.1) is 0 Å². The van der Waals surface area contributed by atoms with Crippen LogP contribution in [0.4, 0.5) is 0 Å². The fraction of sp³-hybridized carbons (Fsp3) is 0.333. The van der Waals surface area contributed by atoms with E-state index in [1.165, 1.54) is 4.90 Å². The Morgan fingerprint density at radius 3 is 2.90 bits per heavy atom. The molecule has 6 heteroatoms. The van der Waals surface area contributed by atoms with Gasteiger partial charge in [-0.3, -0.25) is 4.79 Å². The van der Waals surface area contributed by atoms with Crippen molar-refractivity contribution in [3.05, 3.63) is 30.0 Å². The lowest BCUT2D eigenvalue weighted by atomic mass is 10.2. The second-order valence-electron chi connectivity index (χ2n) is 5.13. The average Bonchev–Trinajstić information content (AvgIpc) is 3.12. The molecule has 1 aromatic heterocycles. The molecule has 2 aromatic rings. The first kappa shape index (κ1) is 13.5. The zero-order valence-corrected chi connectivity index (χ0v) is 11.6. The standard InChI is InChI=1S/C15H16N2O4/c1-21-10-4-5-11-9(7-10)8-12(16-11)14(18)17-6-2-3-13(17)15(19)20/h4-5,7-8,13,16H,2-3,6H2,1H3,(H,19,20). The highest BCUT2D eigenvalue weighted by Gasteiger charge is 2.34. The Balaban J connectivity index is 1.92. The highest BCUT2D eigenvalue weighted by molar-refractivity contribution is 6.00. The summed E-state index contributed by atoms with van der Waals surface area (Å²) in [5.41, 5.74) is 1.23. The Hall–Kier alpha value is -2.50. The molecule has 110 valence electrons. The molecule has 1 saturated heterocycles. The fourth-order valence-electron chi connectivity index (χ4n) is 2.77. The number of likely N-dealkylation sites (tertiary alicyclic amines) is 1. The van der Waals surface area contributed by atoms with E-state index in [4.69, 9.17) is 9.84 Å². The van der Waals surface area contributed by atoms with Crippen LogP contribution in [0.15, 0.2) is 24.3 Å². The number of nitrogens with one attached hydrogen (secondary N) is 1. The Bertz CT molecular complexity index is 707. The summed E-state index contributed by atoms with van der Waals surface area (Å²) in [6, 6.07) is 6.49. The van der Waals surface area contributed by atoms with Crippen molar-refractivity contribution in [2.75, 3.05) is 13.7 Å². The third-order valence-electron chi connectivity index (χ3n) is 3.86. The number of carbonyl (C=O) groups is 2. The van der Waals surface area contributed by atoms with Crippen LogP contribution < -0.4 is 4.74 Å². The minimum Gasteiger partial charge on any atom is -0.497 e. The molecule has 1 fully saturated rings. The van der Waals surface area contributed by atoms with E-state index in [1.54, 1.807) is 13.2 Å². The lowest BCUT2D eigenvalue weighted by molar-refractivity contribution is -0.141. The van der Waals surface area contributed by atoms with E-state index >= 15 is 0 Å². The van der Waals surface area contributed by atoms with E-state index in [0.29, 0.717) is 24.4 Å². The molecule has 1 atom stereocenters. The quantitative estimate of drug-likeness (QED) is 0.903. The minimum absolute atomic E-state index is 0.268. The number of carboxylic acid groups (broad SMARTS) is 1. The van der Waals surface area contributed by atoms with Gasteiger partial charge >= 0.3 is 5.97 Å². The number of amides is 1. The molecule has 0 spiro atoms. The van der Waals surface area contributed by atoms with Crippen LogP contribution in [-0.2, 0) is 4.79 Å². The number of methoxy groups -OCH3 is 1. The summed E-state index contributed by atoms with van der Waals surface area (Å²) >= 11 is 0. The fourth-order valence-corrected chi connectivity index (χ4v) is 2.77. The highest BCUT2D eigenvalue weighted by atomic mass is 16.5. The lowest BCUT2D eigenvalue weighted by Crippen LogP contribution is -2.40. The molecule has 2 heterocycles. The van der Waals surface area contributed by atoms with Gasteiger partial charge in [0.2, 0.25) is 0 Å². The molecular weight excluding hydrogens is 272 g/mol. The van der Waals surface area contributed by atoms with E-state index < -0.39 is 12.0 Å². The van der Waals surface area contributed by atoms with Gasteiger partial charge in [-0.25, -0.2) is 4.79 Å². The van der Waals surface area contributed by atoms with Gasteiger partial charge in [0.05, 0.1) is 7.11 Å². The summed E-state index contributed by atoms with van der Waals surface area (Å²) in [4.78, 5) is 28.1. The van der Waals surface area contributed by atoms with E-state index in [9.17, 15) is 9.59 Å². The summed E-state index contributed by atoms with van der Waals surface area (Å²) in [5.74, 6) is -0.501. The first-order valence-electron chi connectivity index (χ1n) is 6.80. The predicted octanol–water partition coefficient (Wildman–Crippen LogP) is 1.87. The summed E-state index contributed by atoms with van der Waals surface area (Å²) in [6.07, 6.45) is 1.23. The molecule has 1 aromatic carbocycles. The van der Waals surface area contributed by atoms with Gasteiger partial charge in [-0.15, -0.1) is 0 Å². The Labute approximate surface area is 121 Å². The Kier molecular flexibility index (Phi) is 3.29. The van der Waals surface area contributed by atoms with Crippen LogP contribution in [-0.4, -0.2) is 46.6 Å². The highest BCUT2D eigenvalue weighted by Crippen LogP contribution is 2.24. The zero-order valence-electron chi connectivity index (χ0n) is 11.6. The summed E-state index contributed by atoms with van der Waals surface area (Å²) in [7, 11) is 1.58. The number of fused-ring (bicyclic) bond motifs is 1. The number of hydrogen-bond donors (Lipinski definition) is 2. The van der Waals surface area contributed by atoms with Crippen molar-refractivity contribution in [3.8, 4) is 5.75 Å². The van der Waals surface area contributed by atoms with Crippen molar-refractivity contribution >= 4 is 22.8 Å². The maximum atomic E-state index is 12.5. The minimum atomic E-state index is -0.946. The molecule has 21 heavy (non-hydrogen) atoms. The van der Waals surface area contributed by atoms with Crippen molar-refractivity contribution in [1.82, 2.24) is 9.88 Å². The number of aromatic amines is 1. The molecule has 6 nitrogen and oxygen atoms in total. The second kappa shape index (κ2) is 5.12. The van der Waals surface area contributed by atoms with Crippen LogP contribution in [0.2, 0.25) is 0 Å². The molecule has 1 aliphatic heterocycles. The van der Waals surface area contributed by atoms with Gasteiger partial charge in [-0.1, -0.05) is 0 Å². The molecule has 0 aliphatic carbocycles. The van der Waals surface area contributed by atoms with Crippen LogP contribution in [0.3, 0.4) is 0 Å². The topological polar surface area (TPSA) is 82.6 Å². The maximum absolute atomic E-state index is 12.5. The van der Waals surface area contributed by atoms with Gasteiger partial charge in [0, 0.05) is 17.4 Å². The molecule has 0 radical (unpaired) electrons. The SMILES string of the molecule is COc1ccc2[nH]c(C(=O)N3CCCC3C(=O)O)cc2c1. The smallest absolute Gasteiger partial charge is 0.326 e. The number of aliphatic carboxylic acids is 1. The lowest BCUT2D eigenvalue weighted by Gasteiger charge is -2.20. The van der Waals surface area contributed by atoms with E-state index in [0.717, 1.165) is 17.3 Å². The van der Waals surface area contributed by atoms with Crippen molar-refractivity contribution < 1.29 is 19.4 Å².